The fourth-order valence-corrected chi connectivity index (χ4v) is 1.95. The van der Waals surface area contributed by atoms with E-state index in [9.17, 15) is 15.3 Å². The highest BCUT2D eigenvalue weighted by Gasteiger charge is 2.12. The van der Waals surface area contributed by atoms with Crippen LogP contribution in [0.4, 0.5) is 0 Å². The maximum absolute atomic E-state index is 9.79. The minimum Gasteiger partial charge on any atom is -0.504 e. The molecule has 2 aromatic carbocycles. The Labute approximate surface area is 106 Å². The summed E-state index contributed by atoms with van der Waals surface area (Å²) in [5.74, 6) is -1.02. The quantitative estimate of drug-likeness (QED) is 0.712. The second-order valence-corrected chi connectivity index (χ2v) is 4.55. The lowest BCUT2D eigenvalue weighted by Crippen LogP contribution is -1.93. The number of phenols is 3. The van der Waals surface area contributed by atoms with Gasteiger partial charge in [0.15, 0.2) is 11.5 Å². The highest BCUT2D eigenvalue weighted by Crippen LogP contribution is 2.38. The Kier molecular flexibility index (Phi) is 3.15. The number of hydrogen-bond acceptors (Lipinski definition) is 3. The van der Waals surface area contributed by atoms with Crippen molar-refractivity contribution in [3.8, 4) is 17.2 Å². The fraction of sp³-hybridized carbons (Fsp3) is 0.200. The highest BCUT2D eigenvalue weighted by molar-refractivity contribution is 5.54. The highest BCUT2D eigenvalue weighted by atomic mass is 16.3. The normalized spacial score (nSPS) is 10.6. The van der Waals surface area contributed by atoms with Crippen LogP contribution in [0.5, 0.6) is 17.2 Å². The van der Waals surface area contributed by atoms with E-state index >= 15 is 0 Å². The summed E-state index contributed by atoms with van der Waals surface area (Å²) in [5.41, 5.74) is 3.97. The molecule has 0 amide bonds. The summed E-state index contributed by atoms with van der Waals surface area (Å²) in [7, 11) is 0. The van der Waals surface area contributed by atoms with E-state index in [2.05, 4.69) is 6.07 Å². The Bertz CT molecular complexity index is 589. The molecule has 0 spiro atoms. The van der Waals surface area contributed by atoms with E-state index < -0.39 is 5.75 Å². The van der Waals surface area contributed by atoms with Gasteiger partial charge >= 0.3 is 0 Å². The standard InChI is InChI=1S/C15H16O3/c1-9-3-4-10(2)12(7-9)8-11-5-6-13(16)15(18)14(11)17/h3-7,16-18H,8H2,1-2H3. The number of benzene rings is 2. The summed E-state index contributed by atoms with van der Waals surface area (Å²) in [6, 6.07) is 9.12. The van der Waals surface area contributed by atoms with E-state index in [1.807, 2.05) is 26.0 Å². The number of aryl methyl sites for hydroxylation is 2. The van der Waals surface area contributed by atoms with Crippen LogP contribution in [-0.2, 0) is 6.42 Å². The van der Waals surface area contributed by atoms with Crippen molar-refractivity contribution >= 4 is 0 Å². The predicted molar refractivity (Wildman–Crippen MR) is 70.2 cm³/mol. The molecule has 3 nitrogen and oxygen atoms in total. The Balaban J connectivity index is 2.40. The molecule has 2 aromatic rings. The lowest BCUT2D eigenvalue weighted by molar-refractivity contribution is 0.365. The number of phenolic OH excluding ortho intramolecular Hbond substituents is 3. The summed E-state index contributed by atoms with van der Waals surface area (Å²) in [6.07, 6.45) is 0.521. The number of hydrogen-bond donors (Lipinski definition) is 3. The first-order chi connectivity index (χ1) is 8.49. The van der Waals surface area contributed by atoms with Crippen molar-refractivity contribution in [2.24, 2.45) is 0 Å². The summed E-state index contributed by atoms with van der Waals surface area (Å²) in [4.78, 5) is 0. The van der Waals surface area contributed by atoms with E-state index in [1.54, 1.807) is 6.07 Å². The molecule has 0 aliphatic rings. The monoisotopic (exact) mass is 244 g/mol. The van der Waals surface area contributed by atoms with Gasteiger partial charge in [-0.2, -0.15) is 0 Å². The van der Waals surface area contributed by atoms with Gasteiger partial charge in [-0.05, 0) is 31.0 Å². The molecule has 0 aliphatic carbocycles. The Hall–Kier alpha value is -2.16. The molecule has 0 heterocycles. The third-order valence-electron chi connectivity index (χ3n) is 3.10. The van der Waals surface area contributed by atoms with Crippen LogP contribution in [-0.4, -0.2) is 15.3 Å². The molecular formula is C15H16O3. The van der Waals surface area contributed by atoms with Gasteiger partial charge in [0.1, 0.15) is 0 Å². The van der Waals surface area contributed by atoms with Gasteiger partial charge in [-0.3, -0.25) is 0 Å². The second-order valence-electron chi connectivity index (χ2n) is 4.55. The summed E-state index contributed by atoms with van der Waals surface area (Å²) in [5, 5.41) is 28.6. The van der Waals surface area contributed by atoms with Gasteiger partial charge in [-0.1, -0.05) is 29.8 Å². The average molecular weight is 244 g/mol. The van der Waals surface area contributed by atoms with Crippen molar-refractivity contribution in [3.05, 3.63) is 52.6 Å². The van der Waals surface area contributed by atoms with Crippen molar-refractivity contribution in [2.75, 3.05) is 0 Å². The fourth-order valence-electron chi connectivity index (χ4n) is 1.95. The van der Waals surface area contributed by atoms with E-state index in [1.165, 1.54) is 6.07 Å². The molecule has 0 radical (unpaired) electrons. The van der Waals surface area contributed by atoms with Gasteiger partial charge in [0, 0.05) is 12.0 Å². The maximum Gasteiger partial charge on any atom is 0.200 e. The minimum atomic E-state index is -0.460. The Morgan fingerprint density at radius 2 is 1.56 bits per heavy atom. The molecule has 18 heavy (non-hydrogen) atoms. The van der Waals surface area contributed by atoms with E-state index in [0.717, 1.165) is 16.7 Å². The van der Waals surface area contributed by atoms with Crippen molar-refractivity contribution in [1.29, 1.82) is 0 Å². The van der Waals surface area contributed by atoms with E-state index in [-0.39, 0.29) is 11.5 Å². The Morgan fingerprint density at radius 3 is 2.28 bits per heavy atom. The smallest absolute Gasteiger partial charge is 0.200 e. The molecule has 3 N–H and O–H groups in total. The molecule has 3 heteroatoms. The zero-order chi connectivity index (χ0) is 13.3. The van der Waals surface area contributed by atoms with Crippen LogP contribution in [0.15, 0.2) is 30.3 Å². The van der Waals surface area contributed by atoms with Crippen LogP contribution < -0.4 is 0 Å². The first-order valence-corrected chi connectivity index (χ1v) is 5.78. The molecule has 0 fully saturated rings. The number of aromatic hydroxyl groups is 3. The SMILES string of the molecule is Cc1ccc(C)c(Cc2ccc(O)c(O)c2O)c1. The lowest BCUT2D eigenvalue weighted by atomic mass is 9.98. The first-order valence-electron chi connectivity index (χ1n) is 5.78. The predicted octanol–water partition coefficient (Wildman–Crippen LogP) is 3.01. The summed E-state index contributed by atoms with van der Waals surface area (Å²) >= 11 is 0. The van der Waals surface area contributed by atoms with E-state index in [0.29, 0.717) is 12.0 Å². The minimum absolute atomic E-state index is 0.254. The largest absolute Gasteiger partial charge is 0.504 e. The molecule has 0 unspecified atom stereocenters. The van der Waals surface area contributed by atoms with Crippen molar-refractivity contribution in [3.63, 3.8) is 0 Å². The van der Waals surface area contributed by atoms with Crippen molar-refractivity contribution < 1.29 is 15.3 Å². The van der Waals surface area contributed by atoms with Crippen LogP contribution in [0.2, 0.25) is 0 Å². The third kappa shape index (κ3) is 2.25. The van der Waals surface area contributed by atoms with Crippen LogP contribution in [0.1, 0.15) is 22.3 Å². The topological polar surface area (TPSA) is 60.7 Å². The summed E-state index contributed by atoms with van der Waals surface area (Å²) < 4.78 is 0. The molecule has 94 valence electrons. The third-order valence-corrected chi connectivity index (χ3v) is 3.10. The van der Waals surface area contributed by atoms with Crippen LogP contribution in [0, 0.1) is 13.8 Å². The first kappa shape index (κ1) is 12.3. The van der Waals surface area contributed by atoms with Gasteiger partial charge < -0.3 is 15.3 Å². The van der Waals surface area contributed by atoms with Gasteiger partial charge in [-0.25, -0.2) is 0 Å². The van der Waals surface area contributed by atoms with Crippen molar-refractivity contribution in [2.45, 2.75) is 20.3 Å². The summed E-state index contributed by atoms with van der Waals surface area (Å²) in [6.45, 7) is 4.02. The number of rotatable bonds is 2. The zero-order valence-corrected chi connectivity index (χ0v) is 10.4. The molecular weight excluding hydrogens is 228 g/mol. The zero-order valence-electron chi connectivity index (χ0n) is 10.4. The Morgan fingerprint density at radius 1 is 0.833 bits per heavy atom. The van der Waals surface area contributed by atoms with Gasteiger partial charge in [-0.15, -0.1) is 0 Å². The maximum atomic E-state index is 9.79. The van der Waals surface area contributed by atoms with Gasteiger partial charge in [0.2, 0.25) is 5.75 Å². The van der Waals surface area contributed by atoms with Crippen LogP contribution >= 0.6 is 0 Å². The molecule has 0 saturated carbocycles. The molecule has 0 bridgehead atoms. The molecule has 0 saturated heterocycles. The molecule has 0 atom stereocenters. The van der Waals surface area contributed by atoms with Crippen LogP contribution in [0.3, 0.4) is 0 Å². The average Bonchev–Trinajstić information content (AvgIpc) is 2.34. The van der Waals surface area contributed by atoms with Crippen LogP contribution in [0.25, 0.3) is 0 Å². The van der Waals surface area contributed by atoms with Gasteiger partial charge in [0.25, 0.3) is 0 Å². The molecule has 0 aromatic heterocycles. The van der Waals surface area contributed by atoms with E-state index in [4.69, 9.17) is 0 Å². The molecule has 0 aliphatic heterocycles. The van der Waals surface area contributed by atoms with Gasteiger partial charge in [0.05, 0.1) is 0 Å². The van der Waals surface area contributed by atoms with Crippen molar-refractivity contribution in [1.82, 2.24) is 0 Å². The second kappa shape index (κ2) is 4.61. The molecule has 2 rings (SSSR count). The lowest BCUT2D eigenvalue weighted by Gasteiger charge is -2.10.